The molecule has 0 fully saturated rings. The van der Waals surface area contributed by atoms with Crippen LogP contribution in [0.3, 0.4) is 0 Å². The van der Waals surface area contributed by atoms with E-state index in [9.17, 15) is 18.0 Å². The second kappa shape index (κ2) is 7.30. The van der Waals surface area contributed by atoms with Crippen molar-refractivity contribution in [1.82, 2.24) is 0 Å². The summed E-state index contributed by atoms with van der Waals surface area (Å²) in [5.74, 6) is -1.78. The zero-order valence-corrected chi connectivity index (χ0v) is 15.0. The Morgan fingerprint density at radius 1 is 1.00 bits per heavy atom. The number of halogens is 2. The van der Waals surface area contributed by atoms with Crippen LogP contribution in [-0.2, 0) is 14.8 Å². The minimum absolute atomic E-state index is 0.0788. The van der Waals surface area contributed by atoms with Gasteiger partial charge in [0.15, 0.2) is 0 Å². The maximum Gasteiger partial charge on any atom is 0.264 e. The third-order valence-electron chi connectivity index (χ3n) is 3.16. The van der Waals surface area contributed by atoms with Crippen LogP contribution in [0.2, 0.25) is 10.0 Å². The largest absolute Gasteiger partial charge is 0.368 e. The highest BCUT2D eigenvalue weighted by Gasteiger charge is 2.29. The van der Waals surface area contributed by atoms with Gasteiger partial charge in [0.05, 0.1) is 16.1 Å². The van der Waals surface area contributed by atoms with Crippen LogP contribution in [-0.4, -0.2) is 26.8 Å². The first-order valence-corrected chi connectivity index (χ1v) is 8.98. The van der Waals surface area contributed by atoms with Gasteiger partial charge in [-0.2, -0.15) is 0 Å². The van der Waals surface area contributed by atoms with E-state index in [-0.39, 0.29) is 26.2 Å². The Bertz CT molecular complexity index is 927. The van der Waals surface area contributed by atoms with Crippen LogP contribution in [0.4, 0.5) is 5.69 Å². The quantitative estimate of drug-likeness (QED) is 0.764. The molecule has 0 saturated carbocycles. The number of rotatable bonds is 6. The number of primary amides is 2. The summed E-state index contributed by atoms with van der Waals surface area (Å²) in [6, 6.07) is 9.38. The lowest BCUT2D eigenvalue weighted by Gasteiger charge is -2.25. The molecule has 7 nitrogen and oxygen atoms in total. The summed E-state index contributed by atoms with van der Waals surface area (Å²) in [5.41, 5.74) is 10.3. The number of sulfonamides is 1. The SMILES string of the molecule is NC(=O)CN(c1ccccc1C(N)=O)S(=O)(=O)c1cc(Cl)cc(Cl)c1. The van der Waals surface area contributed by atoms with Gasteiger partial charge in [-0.05, 0) is 30.3 Å². The van der Waals surface area contributed by atoms with Gasteiger partial charge in [-0.25, -0.2) is 8.42 Å². The van der Waals surface area contributed by atoms with Gasteiger partial charge in [0.2, 0.25) is 5.91 Å². The van der Waals surface area contributed by atoms with E-state index in [4.69, 9.17) is 34.7 Å². The summed E-state index contributed by atoms with van der Waals surface area (Å²) in [7, 11) is -4.29. The van der Waals surface area contributed by atoms with Crippen molar-refractivity contribution in [2.75, 3.05) is 10.8 Å². The molecule has 2 aromatic carbocycles. The Labute approximate surface area is 154 Å². The molecule has 0 bridgehead atoms. The van der Waals surface area contributed by atoms with Gasteiger partial charge in [-0.3, -0.25) is 13.9 Å². The summed E-state index contributed by atoms with van der Waals surface area (Å²) in [6.45, 7) is -0.698. The first kappa shape index (κ1) is 19.0. The van der Waals surface area contributed by atoms with Crippen LogP contribution in [0.1, 0.15) is 10.4 Å². The van der Waals surface area contributed by atoms with Crippen LogP contribution < -0.4 is 15.8 Å². The van der Waals surface area contributed by atoms with Crippen molar-refractivity contribution in [3.63, 3.8) is 0 Å². The Balaban J connectivity index is 2.69. The van der Waals surface area contributed by atoms with Crippen molar-refractivity contribution < 1.29 is 18.0 Å². The maximum atomic E-state index is 13.0. The summed E-state index contributed by atoms with van der Waals surface area (Å²) < 4.78 is 26.7. The van der Waals surface area contributed by atoms with E-state index in [1.54, 1.807) is 0 Å². The van der Waals surface area contributed by atoms with Gasteiger partial charge in [0.1, 0.15) is 6.54 Å². The molecular weight excluding hydrogens is 389 g/mol. The highest BCUT2D eigenvalue weighted by atomic mass is 35.5. The number of carbonyl (C=O) groups is 2. The lowest BCUT2D eigenvalue weighted by atomic mass is 10.1. The second-order valence-electron chi connectivity index (χ2n) is 4.96. The number of benzene rings is 2. The molecule has 0 spiro atoms. The van der Waals surface area contributed by atoms with Crippen LogP contribution in [0.15, 0.2) is 47.4 Å². The molecule has 0 unspecified atom stereocenters. The van der Waals surface area contributed by atoms with E-state index in [2.05, 4.69) is 0 Å². The zero-order chi connectivity index (χ0) is 18.8. The second-order valence-corrected chi connectivity index (χ2v) is 7.70. The molecule has 0 aliphatic heterocycles. The topological polar surface area (TPSA) is 124 Å². The van der Waals surface area contributed by atoms with Gasteiger partial charge in [-0.1, -0.05) is 35.3 Å². The molecule has 25 heavy (non-hydrogen) atoms. The predicted octanol–water partition coefficient (Wildman–Crippen LogP) is 1.77. The predicted molar refractivity (Wildman–Crippen MR) is 95.1 cm³/mol. The number of para-hydroxylation sites is 1. The number of nitrogens with zero attached hydrogens (tertiary/aromatic N) is 1. The Morgan fingerprint density at radius 3 is 2.08 bits per heavy atom. The molecule has 2 aromatic rings. The lowest BCUT2D eigenvalue weighted by molar-refractivity contribution is -0.116. The molecule has 4 N–H and O–H groups in total. The number of hydrogen-bond acceptors (Lipinski definition) is 4. The van der Waals surface area contributed by atoms with Crippen LogP contribution >= 0.6 is 23.2 Å². The number of hydrogen-bond donors (Lipinski definition) is 2. The molecule has 0 atom stereocenters. The van der Waals surface area contributed by atoms with Crippen molar-refractivity contribution in [3.05, 3.63) is 58.1 Å². The molecule has 132 valence electrons. The van der Waals surface area contributed by atoms with Gasteiger partial charge >= 0.3 is 0 Å². The monoisotopic (exact) mass is 401 g/mol. The standard InChI is InChI=1S/C15H13Cl2N3O4S/c16-9-5-10(17)7-11(6-9)25(23,24)20(8-14(18)21)13-4-2-1-3-12(13)15(19)22/h1-7H,8H2,(H2,18,21)(H2,19,22). The maximum absolute atomic E-state index is 13.0. The highest BCUT2D eigenvalue weighted by Crippen LogP contribution is 2.29. The third kappa shape index (κ3) is 4.22. The molecule has 0 saturated heterocycles. The Hall–Kier alpha value is -2.29. The fourth-order valence-corrected chi connectivity index (χ4v) is 4.32. The molecular formula is C15H13Cl2N3O4S. The van der Waals surface area contributed by atoms with Crippen LogP contribution in [0.5, 0.6) is 0 Å². The summed E-state index contributed by atoms with van der Waals surface area (Å²) in [4.78, 5) is 22.8. The summed E-state index contributed by atoms with van der Waals surface area (Å²) in [5, 5.41) is 0.182. The first-order valence-electron chi connectivity index (χ1n) is 6.79. The third-order valence-corrected chi connectivity index (χ3v) is 5.34. The first-order chi connectivity index (χ1) is 11.6. The Kier molecular flexibility index (Phi) is 5.56. The molecule has 10 heteroatoms. The van der Waals surface area contributed by atoms with Crippen molar-refractivity contribution in [3.8, 4) is 0 Å². The van der Waals surface area contributed by atoms with E-state index in [0.29, 0.717) is 4.31 Å². The minimum Gasteiger partial charge on any atom is -0.368 e. The Morgan fingerprint density at radius 2 is 1.56 bits per heavy atom. The smallest absolute Gasteiger partial charge is 0.264 e. The van der Waals surface area contributed by atoms with Gasteiger partial charge in [0.25, 0.3) is 15.9 Å². The van der Waals surface area contributed by atoms with Crippen molar-refractivity contribution >= 4 is 50.7 Å². The molecule has 0 aliphatic carbocycles. The molecule has 0 aromatic heterocycles. The average Bonchev–Trinajstić information content (AvgIpc) is 2.51. The van der Waals surface area contributed by atoms with Crippen molar-refractivity contribution in [2.24, 2.45) is 11.5 Å². The van der Waals surface area contributed by atoms with E-state index in [1.165, 1.54) is 42.5 Å². The molecule has 2 amide bonds. The van der Waals surface area contributed by atoms with Crippen LogP contribution in [0, 0.1) is 0 Å². The number of amides is 2. The van der Waals surface area contributed by atoms with E-state index in [0.717, 1.165) is 0 Å². The van der Waals surface area contributed by atoms with E-state index >= 15 is 0 Å². The minimum atomic E-state index is -4.29. The van der Waals surface area contributed by atoms with Gasteiger partial charge < -0.3 is 11.5 Å². The van der Waals surface area contributed by atoms with E-state index in [1.807, 2.05) is 0 Å². The van der Waals surface area contributed by atoms with Gasteiger partial charge in [-0.15, -0.1) is 0 Å². The summed E-state index contributed by atoms with van der Waals surface area (Å²) in [6.07, 6.45) is 0. The van der Waals surface area contributed by atoms with Crippen molar-refractivity contribution in [2.45, 2.75) is 4.90 Å². The normalized spacial score (nSPS) is 11.1. The average molecular weight is 402 g/mol. The van der Waals surface area contributed by atoms with Crippen molar-refractivity contribution in [1.29, 1.82) is 0 Å². The number of anilines is 1. The number of nitrogens with two attached hydrogens (primary N) is 2. The van der Waals surface area contributed by atoms with Gasteiger partial charge in [0, 0.05) is 10.0 Å². The fraction of sp³-hybridized carbons (Fsp3) is 0.0667. The molecule has 2 rings (SSSR count). The van der Waals surface area contributed by atoms with Crippen LogP contribution in [0.25, 0.3) is 0 Å². The van der Waals surface area contributed by atoms with E-state index < -0.39 is 28.4 Å². The zero-order valence-electron chi connectivity index (χ0n) is 12.6. The summed E-state index contributed by atoms with van der Waals surface area (Å²) >= 11 is 11.7. The highest BCUT2D eigenvalue weighted by molar-refractivity contribution is 7.92. The molecule has 0 heterocycles. The fourth-order valence-electron chi connectivity index (χ4n) is 2.15. The molecule has 0 aliphatic rings. The molecule has 0 radical (unpaired) electrons. The lowest BCUT2D eigenvalue weighted by Crippen LogP contribution is -2.39. The number of carbonyl (C=O) groups excluding carboxylic acids is 2.